The van der Waals surface area contributed by atoms with E-state index in [9.17, 15) is 0 Å². The molecule has 0 radical (unpaired) electrons. The van der Waals surface area contributed by atoms with Gasteiger partial charge in [0, 0.05) is 57.6 Å². The highest BCUT2D eigenvalue weighted by molar-refractivity contribution is 7.99. The zero-order valence-electron chi connectivity index (χ0n) is 16.1. The van der Waals surface area contributed by atoms with Crippen LogP contribution in [0, 0.1) is 0 Å². The van der Waals surface area contributed by atoms with Gasteiger partial charge in [0.05, 0.1) is 23.6 Å². The number of thioether (sulfide) groups is 1. The van der Waals surface area contributed by atoms with Gasteiger partial charge in [0.15, 0.2) is 11.5 Å². The maximum absolute atomic E-state index is 5.97. The van der Waals surface area contributed by atoms with Crippen molar-refractivity contribution >= 4 is 96.2 Å². The largest absolute Gasteiger partial charge is 0.491 e. The van der Waals surface area contributed by atoms with Crippen LogP contribution in [0.5, 0.6) is 11.5 Å². The van der Waals surface area contributed by atoms with E-state index < -0.39 is 0 Å². The van der Waals surface area contributed by atoms with E-state index in [0.717, 1.165) is 17.3 Å². The molecule has 0 saturated carbocycles. The van der Waals surface area contributed by atoms with Crippen molar-refractivity contribution in [1.29, 1.82) is 0 Å². The Labute approximate surface area is 188 Å². The van der Waals surface area contributed by atoms with Crippen LogP contribution in [0.1, 0.15) is 17.0 Å². The molecule has 6 aromatic rings. The van der Waals surface area contributed by atoms with Gasteiger partial charge in [-0.2, -0.15) is 0 Å². The summed E-state index contributed by atoms with van der Waals surface area (Å²) in [4.78, 5) is 1.44. The fourth-order valence-electron chi connectivity index (χ4n) is 5.54. The van der Waals surface area contributed by atoms with E-state index in [-0.39, 0.29) is 0 Å². The van der Waals surface area contributed by atoms with Gasteiger partial charge in [-0.05, 0) is 40.8 Å². The average Bonchev–Trinajstić information content (AvgIpc) is 3.50. The summed E-state index contributed by atoms with van der Waals surface area (Å²) in [7, 11) is 3.54. The number of hydrogen-bond acceptors (Lipinski definition) is 6. The molecule has 6 heteroatoms. The van der Waals surface area contributed by atoms with Crippen LogP contribution >= 0.6 is 45.8 Å². The molecule has 3 aromatic carbocycles. The zero-order chi connectivity index (χ0) is 19.7. The Morgan fingerprint density at radius 1 is 0.767 bits per heavy atom. The van der Waals surface area contributed by atoms with Crippen LogP contribution in [-0.4, -0.2) is 20.0 Å². The fourth-order valence-corrected chi connectivity index (χ4v) is 10.3. The number of rotatable bonds is 2. The molecule has 146 valence electrons. The first kappa shape index (κ1) is 16.7. The number of fused-ring (bicyclic) bond motifs is 1. The van der Waals surface area contributed by atoms with Gasteiger partial charge in [-0.3, -0.25) is 0 Å². The Balaban J connectivity index is 1.84. The second-order valence-electron chi connectivity index (χ2n) is 7.90. The maximum Gasteiger partial charge on any atom is 0.180 e. The Kier molecular flexibility index (Phi) is 3.02. The lowest BCUT2D eigenvalue weighted by atomic mass is 9.86. The molecular weight excluding hydrogens is 449 g/mol. The van der Waals surface area contributed by atoms with Gasteiger partial charge in [0.1, 0.15) is 0 Å². The zero-order valence-corrected chi connectivity index (χ0v) is 19.4. The summed E-state index contributed by atoms with van der Waals surface area (Å²) in [6, 6.07) is 9.25. The van der Waals surface area contributed by atoms with E-state index in [1.807, 2.05) is 45.8 Å². The molecule has 1 atom stereocenters. The standard InChI is InChI=1S/C24H14O2S4/c1-25-21-22(26-2)24-20-18-14(30-24)6-4-12-16(18)10(8-28-12)9-7-27-11-3-5-13-17(15(9)11)19(20)23(21)29-13/h3-7,10H,8H2,1-2H3. The van der Waals surface area contributed by atoms with Crippen molar-refractivity contribution in [3.05, 3.63) is 40.8 Å². The SMILES string of the molecule is COc1c(OC)c2sc3ccc4scc5c4c3c2c2c1sc1ccc3c(c12)C5CS3. The third kappa shape index (κ3) is 1.69. The molecule has 1 aliphatic carbocycles. The van der Waals surface area contributed by atoms with Gasteiger partial charge in [-0.15, -0.1) is 45.8 Å². The monoisotopic (exact) mass is 462 g/mol. The minimum atomic E-state index is 0.460. The van der Waals surface area contributed by atoms with Crippen LogP contribution < -0.4 is 9.47 Å². The highest BCUT2D eigenvalue weighted by Gasteiger charge is 2.35. The number of thiophene rings is 3. The first-order valence-corrected chi connectivity index (χ1v) is 13.3. The third-order valence-corrected chi connectivity index (χ3v) is 11.1. The molecule has 8 rings (SSSR count). The van der Waals surface area contributed by atoms with E-state index >= 15 is 0 Å². The summed E-state index contributed by atoms with van der Waals surface area (Å²) in [5, 5.41) is 9.49. The van der Waals surface area contributed by atoms with E-state index in [0.29, 0.717) is 5.92 Å². The summed E-state index contributed by atoms with van der Waals surface area (Å²) >= 11 is 7.60. The van der Waals surface area contributed by atoms with Crippen LogP contribution in [0.15, 0.2) is 34.5 Å². The molecular formula is C24H14O2S4. The third-order valence-electron chi connectivity index (χ3n) is 6.68. The topological polar surface area (TPSA) is 18.5 Å². The average molecular weight is 463 g/mol. The lowest BCUT2D eigenvalue weighted by molar-refractivity contribution is 0.363. The number of benzene rings is 3. The summed E-state index contributed by atoms with van der Waals surface area (Å²) in [5.74, 6) is 3.35. The van der Waals surface area contributed by atoms with E-state index in [2.05, 4.69) is 29.6 Å². The van der Waals surface area contributed by atoms with Gasteiger partial charge in [0.2, 0.25) is 0 Å². The lowest BCUT2D eigenvalue weighted by Gasteiger charge is -2.16. The number of hydrogen-bond donors (Lipinski definition) is 0. The van der Waals surface area contributed by atoms with Crippen molar-refractivity contribution in [1.82, 2.24) is 0 Å². The van der Waals surface area contributed by atoms with Crippen molar-refractivity contribution in [2.45, 2.75) is 10.8 Å². The Bertz CT molecular complexity index is 1730. The molecule has 0 N–H and O–H groups in total. The quantitative estimate of drug-likeness (QED) is 0.258. The van der Waals surface area contributed by atoms with Crippen LogP contribution in [0.4, 0.5) is 0 Å². The Morgan fingerprint density at radius 2 is 1.43 bits per heavy atom. The second kappa shape index (κ2) is 5.43. The van der Waals surface area contributed by atoms with Crippen molar-refractivity contribution in [3.63, 3.8) is 0 Å². The van der Waals surface area contributed by atoms with Crippen molar-refractivity contribution < 1.29 is 9.47 Å². The van der Waals surface area contributed by atoms with Crippen LogP contribution in [-0.2, 0) is 0 Å². The Hall–Kier alpha value is -1.99. The molecule has 0 saturated heterocycles. The van der Waals surface area contributed by atoms with Crippen LogP contribution in [0.25, 0.3) is 50.4 Å². The normalized spacial score (nSPS) is 17.1. The molecule has 0 spiro atoms. The van der Waals surface area contributed by atoms with Gasteiger partial charge in [0.25, 0.3) is 0 Å². The minimum absolute atomic E-state index is 0.460. The van der Waals surface area contributed by atoms with Gasteiger partial charge >= 0.3 is 0 Å². The molecule has 3 aromatic heterocycles. The molecule has 30 heavy (non-hydrogen) atoms. The van der Waals surface area contributed by atoms with E-state index in [1.54, 1.807) is 14.2 Å². The lowest BCUT2D eigenvalue weighted by Crippen LogP contribution is -2.00. The smallest absolute Gasteiger partial charge is 0.180 e. The molecule has 2 aliphatic rings. The van der Waals surface area contributed by atoms with Gasteiger partial charge in [-0.1, -0.05) is 0 Å². The highest BCUT2D eigenvalue weighted by Crippen LogP contribution is 2.60. The van der Waals surface area contributed by atoms with Crippen LogP contribution in [0.2, 0.25) is 0 Å². The van der Waals surface area contributed by atoms with Crippen molar-refractivity contribution in [2.24, 2.45) is 0 Å². The second-order valence-corrected chi connectivity index (χ2v) is 12.0. The number of ether oxygens (including phenoxy) is 2. The van der Waals surface area contributed by atoms with Gasteiger partial charge < -0.3 is 9.47 Å². The number of methoxy groups -OCH3 is 2. The molecule has 2 nitrogen and oxygen atoms in total. The Morgan fingerprint density at radius 3 is 2.20 bits per heavy atom. The highest BCUT2D eigenvalue weighted by atomic mass is 32.2. The first-order valence-electron chi connectivity index (χ1n) is 9.82. The first-order chi connectivity index (χ1) is 14.8. The predicted molar refractivity (Wildman–Crippen MR) is 133 cm³/mol. The minimum Gasteiger partial charge on any atom is -0.491 e. The fraction of sp³-hybridized carbons (Fsp3) is 0.167. The summed E-state index contributed by atoms with van der Waals surface area (Å²) in [5.41, 5.74) is 3.05. The molecule has 0 bridgehead atoms. The summed E-state index contributed by atoms with van der Waals surface area (Å²) in [6.07, 6.45) is 0. The predicted octanol–water partition coefficient (Wildman–Crippen LogP) is 8.21. The molecule has 0 fully saturated rings. The van der Waals surface area contributed by atoms with Crippen LogP contribution in [0.3, 0.4) is 0 Å². The summed E-state index contributed by atoms with van der Waals surface area (Å²) in [6.45, 7) is 0. The molecule has 0 amide bonds. The maximum atomic E-state index is 5.97. The van der Waals surface area contributed by atoms with Crippen molar-refractivity contribution in [3.8, 4) is 11.5 Å². The molecule has 1 unspecified atom stereocenters. The van der Waals surface area contributed by atoms with E-state index in [4.69, 9.17) is 9.47 Å². The van der Waals surface area contributed by atoms with Crippen molar-refractivity contribution in [2.75, 3.05) is 20.0 Å². The molecule has 4 heterocycles. The summed E-state index contributed by atoms with van der Waals surface area (Å²) < 4.78 is 18.5. The van der Waals surface area contributed by atoms with Gasteiger partial charge in [-0.25, -0.2) is 0 Å². The van der Waals surface area contributed by atoms with E-state index in [1.165, 1.54) is 66.5 Å². The molecule has 1 aliphatic heterocycles.